The van der Waals surface area contributed by atoms with Crippen molar-refractivity contribution in [2.24, 2.45) is 5.92 Å². The van der Waals surface area contributed by atoms with Gasteiger partial charge in [0.25, 0.3) is 0 Å². The Labute approximate surface area is 157 Å². The van der Waals surface area contributed by atoms with Crippen molar-refractivity contribution in [2.45, 2.75) is 39.2 Å². The van der Waals surface area contributed by atoms with Crippen LogP contribution in [0.5, 0.6) is 0 Å². The second-order valence-electron chi connectivity index (χ2n) is 6.62. The van der Waals surface area contributed by atoms with Gasteiger partial charge in [-0.25, -0.2) is 9.78 Å². The number of aromatic nitrogens is 1. The van der Waals surface area contributed by atoms with Gasteiger partial charge in [-0.2, -0.15) is 0 Å². The van der Waals surface area contributed by atoms with Crippen LogP contribution in [0.3, 0.4) is 0 Å². The molecule has 0 amide bonds. The molecule has 0 atom stereocenters. The third kappa shape index (κ3) is 4.81. The molecule has 0 aliphatic carbocycles. The van der Waals surface area contributed by atoms with Crippen molar-refractivity contribution in [3.8, 4) is 0 Å². The Morgan fingerprint density at radius 3 is 2.80 bits per heavy atom. The van der Waals surface area contributed by atoms with E-state index in [9.17, 15) is 4.79 Å². The molecule has 3 rings (SSSR count). The maximum atomic E-state index is 11.1. The molecule has 2 aromatic rings. The molecule has 1 fully saturated rings. The highest BCUT2D eigenvalue weighted by molar-refractivity contribution is 7.09. The molecule has 0 unspecified atom stereocenters. The predicted octanol–water partition coefficient (Wildman–Crippen LogP) is 4.51. The van der Waals surface area contributed by atoms with E-state index in [4.69, 9.17) is 16.7 Å². The quantitative estimate of drug-likeness (QED) is 0.803. The molecule has 1 aliphatic heterocycles. The Bertz CT molecular complexity index is 739. The minimum atomic E-state index is -0.911. The van der Waals surface area contributed by atoms with E-state index in [1.807, 2.05) is 0 Å². The van der Waals surface area contributed by atoms with Crippen molar-refractivity contribution in [1.29, 1.82) is 0 Å². The van der Waals surface area contributed by atoms with Crippen LogP contribution in [0.15, 0.2) is 23.6 Å². The van der Waals surface area contributed by atoms with Crippen LogP contribution in [0.1, 0.15) is 46.4 Å². The number of benzene rings is 1. The summed E-state index contributed by atoms with van der Waals surface area (Å²) in [7, 11) is 0. The van der Waals surface area contributed by atoms with Gasteiger partial charge in [-0.05, 0) is 62.0 Å². The fourth-order valence-electron chi connectivity index (χ4n) is 3.27. The number of hydrogen-bond acceptors (Lipinski definition) is 4. The summed E-state index contributed by atoms with van der Waals surface area (Å²) in [6, 6.07) is 4.93. The maximum absolute atomic E-state index is 11.1. The molecule has 1 aromatic carbocycles. The van der Waals surface area contributed by atoms with Gasteiger partial charge in [0.05, 0.1) is 16.3 Å². The number of hydrogen-bond donors (Lipinski definition) is 1. The molecule has 134 valence electrons. The third-order valence-electron chi connectivity index (χ3n) is 4.82. The van der Waals surface area contributed by atoms with E-state index in [-0.39, 0.29) is 0 Å². The molecule has 0 bridgehead atoms. The first kappa shape index (κ1) is 18.4. The number of carboxylic acids is 1. The number of rotatable bonds is 6. The van der Waals surface area contributed by atoms with Crippen molar-refractivity contribution >= 4 is 28.9 Å². The van der Waals surface area contributed by atoms with Gasteiger partial charge < -0.3 is 5.11 Å². The first-order valence-electron chi connectivity index (χ1n) is 8.72. The monoisotopic (exact) mass is 378 g/mol. The molecular formula is C19H23ClN2O2S. The van der Waals surface area contributed by atoms with Crippen LogP contribution >= 0.6 is 22.9 Å². The summed E-state index contributed by atoms with van der Waals surface area (Å²) in [5, 5.41) is 13.2. The highest BCUT2D eigenvalue weighted by Gasteiger charge is 2.21. The fraction of sp³-hybridized carbons (Fsp3) is 0.474. The average molecular weight is 379 g/mol. The number of carboxylic acid groups (broad SMARTS) is 1. The number of aromatic carboxylic acids is 1. The number of piperidine rings is 1. The molecular weight excluding hydrogens is 356 g/mol. The van der Waals surface area contributed by atoms with Crippen molar-refractivity contribution in [2.75, 3.05) is 13.1 Å². The van der Waals surface area contributed by atoms with Gasteiger partial charge in [-0.1, -0.05) is 18.5 Å². The Morgan fingerprint density at radius 2 is 2.16 bits per heavy atom. The number of thiazole rings is 1. The van der Waals surface area contributed by atoms with Gasteiger partial charge >= 0.3 is 5.97 Å². The van der Waals surface area contributed by atoms with Gasteiger partial charge in [-0.3, -0.25) is 4.90 Å². The normalized spacial score (nSPS) is 16.2. The van der Waals surface area contributed by atoms with Crippen molar-refractivity contribution in [3.05, 3.63) is 50.4 Å². The van der Waals surface area contributed by atoms with Crippen LogP contribution in [0.25, 0.3) is 0 Å². The molecule has 4 nitrogen and oxygen atoms in total. The van der Waals surface area contributed by atoms with E-state index in [0.29, 0.717) is 23.0 Å². The number of nitrogens with zero attached hydrogens (tertiary/aromatic N) is 2. The van der Waals surface area contributed by atoms with Crippen LogP contribution in [-0.4, -0.2) is 34.0 Å². The van der Waals surface area contributed by atoms with Crippen LogP contribution in [-0.2, 0) is 19.4 Å². The van der Waals surface area contributed by atoms with Crippen molar-refractivity contribution in [3.63, 3.8) is 0 Å². The number of aryl methyl sites for hydroxylation is 1. The zero-order valence-corrected chi connectivity index (χ0v) is 15.9. The minimum Gasteiger partial charge on any atom is -0.478 e. The summed E-state index contributed by atoms with van der Waals surface area (Å²) in [6.45, 7) is 4.89. The van der Waals surface area contributed by atoms with Crippen LogP contribution < -0.4 is 0 Å². The lowest BCUT2D eigenvalue weighted by molar-refractivity contribution is 0.0696. The van der Waals surface area contributed by atoms with Crippen LogP contribution in [0, 0.1) is 5.92 Å². The molecule has 0 radical (unpaired) electrons. The SMILES string of the molecule is CCc1csc(CC2CCN(Cc3cc(C(=O)O)ccc3Cl)CC2)n1. The topological polar surface area (TPSA) is 53.4 Å². The standard InChI is InChI=1S/C19H23ClN2O2S/c1-2-16-12-25-18(21-16)9-13-5-7-22(8-6-13)11-15-10-14(19(23)24)3-4-17(15)20/h3-4,10,12-13H,2,5-9,11H2,1H3,(H,23,24). The Balaban J connectivity index is 1.54. The summed E-state index contributed by atoms with van der Waals surface area (Å²) in [6.07, 6.45) is 4.38. The summed E-state index contributed by atoms with van der Waals surface area (Å²) >= 11 is 8.03. The zero-order chi connectivity index (χ0) is 17.8. The Kier molecular flexibility index (Phi) is 6.10. The van der Waals surface area contributed by atoms with Gasteiger partial charge in [0, 0.05) is 23.4 Å². The molecule has 1 aromatic heterocycles. The molecule has 25 heavy (non-hydrogen) atoms. The molecule has 0 saturated carbocycles. The third-order valence-corrected chi connectivity index (χ3v) is 6.11. The lowest BCUT2D eigenvalue weighted by Gasteiger charge is -2.31. The second-order valence-corrected chi connectivity index (χ2v) is 7.97. The summed E-state index contributed by atoms with van der Waals surface area (Å²) in [5.74, 6) is -0.223. The van der Waals surface area contributed by atoms with Crippen molar-refractivity contribution < 1.29 is 9.90 Å². The second kappa shape index (κ2) is 8.30. The lowest BCUT2D eigenvalue weighted by Crippen LogP contribution is -2.34. The smallest absolute Gasteiger partial charge is 0.335 e. The van der Waals surface area contributed by atoms with E-state index < -0.39 is 5.97 Å². The summed E-state index contributed by atoms with van der Waals surface area (Å²) in [5.41, 5.74) is 2.39. The predicted molar refractivity (Wildman–Crippen MR) is 102 cm³/mol. The van der Waals surface area contributed by atoms with E-state index in [2.05, 4.69) is 22.2 Å². The first-order chi connectivity index (χ1) is 12.0. The van der Waals surface area contributed by atoms with E-state index in [1.165, 1.54) is 10.7 Å². The molecule has 1 aliphatic rings. The van der Waals surface area contributed by atoms with Gasteiger partial charge in [0.15, 0.2) is 0 Å². The van der Waals surface area contributed by atoms with Crippen LogP contribution in [0.4, 0.5) is 0 Å². The first-order valence-corrected chi connectivity index (χ1v) is 9.98. The highest BCUT2D eigenvalue weighted by atomic mass is 35.5. The van der Waals surface area contributed by atoms with Gasteiger partial charge in [0.1, 0.15) is 0 Å². The molecule has 2 heterocycles. The lowest BCUT2D eigenvalue weighted by atomic mass is 9.93. The number of carbonyl (C=O) groups is 1. The molecule has 6 heteroatoms. The number of halogens is 1. The van der Waals surface area contributed by atoms with E-state index in [0.717, 1.165) is 44.3 Å². The highest BCUT2D eigenvalue weighted by Crippen LogP contribution is 2.26. The molecule has 1 N–H and O–H groups in total. The van der Waals surface area contributed by atoms with Crippen LogP contribution in [0.2, 0.25) is 5.02 Å². The summed E-state index contributed by atoms with van der Waals surface area (Å²) < 4.78 is 0. The largest absolute Gasteiger partial charge is 0.478 e. The average Bonchev–Trinajstić information content (AvgIpc) is 3.06. The maximum Gasteiger partial charge on any atom is 0.335 e. The van der Waals surface area contributed by atoms with E-state index >= 15 is 0 Å². The summed E-state index contributed by atoms with van der Waals surface area (Å²) in [4.78, 5) is 18.2. The molecule has 0 spiro atoms. The van der Waals surface area contributed by atoms with Crippen molar-refractivity contribution in [1.82, 2.24) is 9.88 Å². The zero-order valence-electron chi connectivity index (χ0n) is 14.4. The minimum absolute atomic E-state index is 0.296. The Morgan fingerprint density at radius 1 is 1.40 bits per heavy atom. The number of likely N-dealkylation sites (tertiary alicyclic amines) is 1. The Hall–Kier alpha value is -1.43. The van der Waals surface area contributed by atoms with E-state index in [1.54, 1.807) is 29.5 Å². The van der Waals surface area contributed by atoms with Gasteiger partial charge in [-0.15, -0.1) is 11.3 Å². The molecule has 1 saturated heterocycles. The fourth-order valence-corrected chi connectivity index (χ4v) is 4.44. The van der Waals surface area contributed by atoms with Gasteiger partial charge in [0.2, 0.25) is 0 Å².